The van der Waals surface area contributed by atoms with E-state index in [1.54, 1.807) is 25.4 Å². The van der Waals surface area contributed by atoms with Crippen LogP contribution in [-0.4, -0.2) is 59.6 Å². The van der Waals surface area contributed by atoms with Gasteiger partial charge in [0, 0.05) is 18.8 Å². The zero-order valence-corrected chi connectivity index (χ0v) is 21.9. The summed E-state index contributed by atoms with van der Waals surface area (Å²) >= 11 is 0. The van der Waals surface area contributed by atoms with Crippen molar-refractivity contribution in [1.82, 2.24) is 15.0 Å². The molecule has 0 radical (unpaired) electrons. The van der Waals surface area contributed by atoms with Crippen LogP contribution in [0.25, 0.3) is 11.1 Å². The lowest BCUT2D eigenvalue weighted by Gasteiger charge is -2.27. The molecule has 10 heteroatoms. The zero-order valence-electron chi connectivity index (χ0n) is 21.9. The SMILES string of the molecule is CCc1nc(/C=N/[NH+](C)c2ncc(F)c(N3CCOCC3)n2)ccc1Nc1ccc(-c2cccc(O)c2)cc1. The molecule has 0 aliphatic carbocycles. The molecule has 39 heavy (non-hydrogen) atoms. The molecule has 1 atom stereocenters. The van der Waals surface area contributed by atoms with E-state index in [1.165, 1.54) is 6.20 Å². The lowest BCUT2D eigenvalue weighted by molar-refractivity contribution is -0.822. The molecule has 1 aliphatic rings. The molecule has 5 rings (SSSR count). The minimum absolute atomic E-state index is 0.243. The molecule has 4 aromatic rings. The van der Waals surface area contributed by atoms with E-state index >= 15 is 0 Å². The molecule has 1 saturated heterocycles. The van der Waals surface area contributed by atoms with Crippen molar-refractivity contribution >= 4 is 29.4 Å². The fourth-order valence-electron chi connectivity index (χ4n) is 4.31. The number of morpholine rings is 1. The van der Waals surface area contributed by atoms with Gasteiger partial charge in [0.2, 0.25) is 0 Å². The van der Waals surface area contributed by atoms with Gasteiger partial charge in [-0.2, -0.15) is 9.97 Å². The number of hydrogen-bond donors (Lipinski definition) is 3. The number of quaternary nitrogens is 1. The number of phenols is 1. The lowest BCUT2D eigenvalue weighted by atomic mass is 10.1. The molecule has 0 bridgehead atoms. The van der Waals surface area contributed by atoms with E-state index in [0.717, 1.165) is 34.6 Å². The van der Waals surface area contributed by atoms with E-state index in [4.69, 9.17) is 9.72 Å². The number of nitrogens with zero attached hydrogens (tertiary/aromatic N) is 5. The van der Waals surface area contributed by atoms with Gasteiger partial charge in [0.05, 0.1) is 43.5 Å². The first kappa shape index (κ1) is 26.2. The molecule has 200 valence electrons. The maximum absolute atomic E-state index is 14.4. The van der Waals surface area contributed by atoms with Gasteiger partial charge in [0.25, 0.3) is 0 Å². The summed E-state index contributed by atoms with van der Waals surface area (Å²) in [6, 6.07) is 19.1. The number of ether oxygens (including phenoxy) is 1. The number of anilines is 3. The van der Waals surface area contributed by atoms with Gasteiger partial charge in [-0.05, 0) is 53.9 Å². The third kappa shape index (κ3) is 6.36. The Morgan fingerprint density at radius 3 is 2.62 bits per heavy atom. The minimum Gasteiger partial charge on any atom is -0.508 e. The molecule has 1 fully saturated rings. The number of rotatable bonds is 8. The second-order valence-electron chi connectivity index (χ2n) is 9.14. The van der Waals surface area contributed by atoms with E-state index in [1.807, 2.05) is 53.4 Å². The van der Waals surface area contributed by atoms with Gasteiger partial charge in [-0.15, -0.1) is 5.01 Å². The summed E-state index contributed by atoms with van der Waals surface area (Å²) in [6.07, 6.45) is 3.60. The summed E-state index contributed by atoms with van der Waals surface area (Å²) in [5.41, 5.74) is 5.43. The van der Waals surface area contributed by atoms with Gasteiger partial charge in [-0.1, -0.05) is 36.3 Å². The monoisotopic (exact) mass is 528 g/mol. The number of aryl methyl sites for hydroxylation is 1. The predicted molar refractivity (Wildman–Crippen MR) is 150 cm³/mol. The van der Waals surface area contributed by atoms with Crippen molar-refractivity contribution in [2.45, 2.75) is 13.3 Å². The number of phenolic OH excluding ortho intramolecular Hbond substituents is 1. The van der Waals surface area contributed by atoms with Gasteiger partial charge in [0.15, 0.2) is 11.6 Å². The summed E-state index contributed by atoms with van der Waals surface area (Å²) < 4.78 is 19.7. The second-order valence-corrected chi connectivity index (χ2v) is 9.14. The maximum Gasteiger partial charge on any atom is 0.356 e. The van der Waals surface area contributed by atoms with Crippen molar-refractivity contribution < 1.29 is 19.2 Å². The van der Waals surface area contributed by atoms with Crippen LogP contribution in [0, 0.1) is 5.82 Å². The van der Waals surface area contributed by atoms with Gasteiger partial charge in [0.1, 0.15) is 12.0 Å². The summed E-state index contributed by atoms with van der Waals surface area (Å²) in [7, 11) is 1.80. The van der Waals surface area contributed by atoms with Crippen molar-refractivity contribution in [3.8, 4) is 16.9 Å². The molecule has 0 amide bonds. The van der Waals surface area contributed by atoms with Gasteiger partial charge < -0.3 is 20.1 Å². The summed E-state index contributed by atoms with van der Waals surface area (Å²) in [6.45, 7) is 4.31. The number of aromatic hydroxyl groups is 1. The first-order chi connectivity index (χ1) is 19.0. The highest BCUT2D eigenvalue weighted by atomic mass is 19.1. The molecule has 0 spiro atoms. The molecule has 2 aromatic heterocycles. The third-order valence-corrected chi connectivity index (χ3v) is 6.42. The minimum atomic E-state index is -0.455. The van der Waals surface area contributed by atoms with Crippen LogP contribution in [0.2, 0.25) is 0 Å². The lowest BCUT2D eigenvalue weighted by Crippen LogP contribution is -2.99. The maximum atomic E-state index is 14.4. The molecular formula is C29H31FN7O2+. The summed E-state index contributed by atoms with van der Waals surface area (Å²) in [5.74, 6) is 0.434. The number of pyridine rings is 1. The van der Waals surface area contributed by atoms with Crippen LogP contribution < -0.4 is 15.2 Å². The van der Waals surface area contributed by atoms with Crippen LogP contribution in [0.1, 0.15) is 18.3 Å². The molecule has 3 heterocycles. The quantitative estimate of drug-likeness (QED) is 0.237. The van der Waals surface area contributed by atoms with Gasteiger partial charge >= 0.3 is 5.95 Å². The normalized spacial score (nSPS) is 14.5. The van der Waals surface area contributed by atoms with Crippen LogP contribution >= 0.6 is 0 Å². The van der Waals surface area contributed by atoms with Crippen LogP contribution in [0.5, 0.6) is 5.75 Å². The average Bonchev–Trinajstić information content (AvgIpc) is 2.97. The smallest absolute Gasteiger partial charge is 0.356 e. The fraction of sp³-hybridized carbons (Fsp3) is 0.241. The van der Waals surface area contributed by atoms with Crippen molar-refractivity contribution in [2.75, 3.05) is 43.6 Å². The summed E-state index contributed by atoms with van der Waals surface area (Å²) in [4.78, 5) is 15.2. The van der Waals surface area contributed by atoms with Crippen molar-refractivity contribution in [3.63, 3.8) is 0 Å². The van der Waals surface area contributed by atoms with E-state index in [2.05, 4.69) is 27.3 Å². The molecule has 2 aromatic carbocycles. The zero-order chi connectivity index (χ0) is 27.2. The Bertz CT molecular complexity index is 1460. The predicted octanol–water partition coefficient (Wildman–Crippen LogP) is 3.71. The third-order valence-electron chi connectivity index (χ3n) is 6.42. The Hall–Kier alpha value is -4.41. The van der Waals surface area contributed by atoms with Crippen LogP contribution in [0.3, 0.4) is 0 Å². The van der Waals surface area contributed by atoms with Crippen molar-refractivity contribution in [1.29, 1.82) is 0 Å². The average molecular weight is 529 g/mol. The van der Waals surface area contributed by atoms with Crippen LogP contribution in [0.15, 0.2) is 72.0 Å². The van der Waals surface area contributed by atoms with E-state index in [-0.39, 0.29) is 11.6 Å². The Labute approximate surface area is 226 Å². The fourth-order valence-corrected chi connectivity index (χ4v) is 4.31. The Morgan fingerprint density at radius 1 is 1.08 bits per heavy atom. The van der Waals surface area contributed by atoms with E-state index in [0.29, 0.717) is 43.0 Å². The van der Waals surface area contributed by atoms with Crippen molar-refractivity contribution in [3.05, 3.63) is 84.1 Å². The molecule has 1 aliphatic heterocycles. The van der Waals surface area contributed by atoms with E-state index < -0.39 is 5.82 Å². The first-order valence-electron chi connectivity index (χ1n) is 12.9. The Kier molecular flexibility index (Phi) is 8.04. The Morgan fingerprint density at radius 2 is 1.87 bits per heavy atom. The first-order valence-corrected chi connectivity index (χ1v) is 12.9. The second kappa shape index (κ2) is 12.0. The molecule has 3 N–H and O–H groups in total. The molecular weight excluding hydrogens is 497 g/mol. The standard InChI is InChI=1S/C29H30FN7O2/c1-3-26-27(33-22-9-7-20(8-10-22)21-5-4-6-24(38)17-21)12-11-23(34-26)18-32-36(2)29-31-19-25(30)28(35-29)37-13-15-39-16-14-37/h4-12,17-19,33,38H,3,13-16H2,1-2H3/p+1/b32-18+. The number of hydrogen-bond acceptors (Lipinski definition) is 8. The molecule has 1 unspecified atom stereocenters. The largest absolute Gasteiger partial charge is 0.508 e. The molecule has 0 saturated carbocycles. The Balaban J connectivity index is 1.27. The van der Waals surface area contributed by atoms with Crippen LogP contribution in [0.4, 0.5) is 27.5 Å². The number of aromatic nitrogens is 3. The van der Waals surface area contributed by atoms with Gasteiger partial charge in [-0.25, -0.2) is 9.37 Å². The highest BCUT2D eigenvalue weighted by molar-refractivity contribution is 5.78. The number of nitrogens with one attached hydrogen (secondary N) is 2. The van der Waals surface area contributed by atoms with Gasteiger partial charge in [-0.3, -0.25) is 0 Å². The number of halogens is 1. The molecule has 9 nitrogen and oxygen atoms in total. The van der Waals surface area contributed by atoms with Crippen LogP contribution in [-0.2, 0) is 11.2 Å². The number of benzene rings is 2. The van der Waals surface area contributed by atoms with E-state index in [9.17, 15) is 9.50 Å². The highest BCUT2D eigenvalue weighted by Gasteiger charge is 2.21. The highest BCUT2D eigenvalue weighted by Crippen LogP contribution is 2.26. The topological polar surface area (TPSA) is 100 Å². The van der Waals surface area contributed by atoms with Crippen molar-refractivity contribution in [2.24, 2.45) is 5.10 Å². The summed E-state index contributed by atoms with van der Waals surface area (Å²) in [5, 5.41) is 18.3.